The zero-order valence-corrected chi connectivity index (χ0v) is 16.2. The topological polar surface area (TPSA) is 83.5 Å². The average molecular weight is 395 g/mol. The normalized spacial score (nSPS) is 14.4. The van der Waals surface area contributed by atoms with Gasteiger partial charge in [0.2, 0.25) is 20.0 Å². The Morgan fingerprint density at radius 3 is 2.58 bits per heavy atom. The number of hydrogen-bond acceptors (Lipinski definition) is 4. The Bertz CT molecular complexity index is 1000. The molecule has 8 heteroatoms. The van der Waals surface area contributed by atoms with Crippen LogP contribution in [0.25, 0.3) is 0 Å². The lowest BCUT2D eigenvalue weighted by atomic mass is 10.2. The summed E-state index contributed by atoms with van der Waals surface area (Å²) in [4.78, 5) is 0. The molecule has 0 spiro atoms. The van der Waals surface area contributed by atoms with E-state index in [4.69, 9.17) is 0 Å². The van der Waals surface area contributed by atoms with Gasteiger partial charge in [0.05, 0.1) is 17.2 Å². The molecule has 2 aromatic rings. The van der Waals surface area contributed by atoms with Crippen molar-refractivity contribution < 1.29 is 16.8 Å². The maximum atomic E-state index is 12.6. The number of benzene rings is 2. The molecule has 1 N–H and O–H groups in total. The van der Waals surface area contributed by atoms with E-state index in [-0.39, 0.29) is 18.1 Å². The Balaban J connectivity index is 1.60. The Kier molecular flexibility index (Phi) is 5.36. The van der Waals surface area contributed by atoms with E-state index in [0.717, 1.165) is 11.1 Å². The molecule has 2 aromatic carbocycles. The minimum absolute atomic E-state index is 0.144. The van der Waals surface area contributed by atoms with Crippen LogP contribution in [0.1, 0.15) is 16.7 Å². The van der Waals surface area contributed by atoms with Gasteiger partial charge >= 0.3 is 0 Å². The highest BCUT2D eigenvalue weighted by Gasteiger charge is 2.29. The number of rotatable bonds is 7. The fourth-order valence-electron chi connectivity index (χ4n) is 3.11. The van der Waals surface area contributed by atoms with Gasteiger partial charge < -0.3 is 0 Å². The van der Waals surface area contributed by atoms with E-state index < -0.39 is 20.0 Å². The molecule has 0 fully saturated rings. The standard InChI is InChI=1S/C18H22N2O4S2/c1-15-5-4-6-16(13-15)14-25(21,22)19-10-12-26(23,24)20-11-9-17-7-2-3-8-18(17)20/h2-8,13,19H,9-12,14H2,1H3. The highest BCUT2D eigenvalue weighted by atomic mass is 32.2. The van der Waals surface area contributed by atoms with E-state index in [1.165, 1.54) is 4.31 Å². The van der Waals surface area contributed by atoms with Crippen LogP contribution >= 0.6 is 0 Å². The molecule has 0 atom stereocenters. The van der Waals surface area contributed by atoms with Gasteiger partial charge in [0.25, 0.3) is 0 Å². The fraction of sp³-hybridized carbons (Fsp3) is 0.333. The first-order valence-corrected chi connectivity index (χ1v) is 11.6. The molecule has 0 radical (unpaired) electrons. The third-order valence-corrected chi connectivity index (χ3v) is 7.43. The number of fused-ring (bicyclic) bond motifs is 1. The van der Waals surface area contributed by atoms with Crippen LogP contribution in [-0.2, 0) is 32.2 Å². The molecular formula is C18H22N2O4S2. The van der Waals surface area contributed by atoms with Crippen LogP contribution in [0.5, 0.6) is 0 Å². The van der Waals surface area contributed by atoms with Crippen LogP contribution in [0.2, 0.25) is 0 Å². The molecular weight excluding hydrogens is 372 g/mol. The molecule has 0 aromatic heterocycles. The van der Waals surface area contributed by atoms with Crippen molar-refractivity contribution in [2.45, 2.75) is 19.1 Å². The van der Waals surface area contributed by atoms with Crippen molar-refractivity contribution in [1.82, 2.24) is 4.72 Å². The highest BCUT2D eigenvalue weighted by molar-refractivity contribution is 7.93. The Morgan fingerprint density at radius 1 is 1.04 bits per heavy atom. The summed E-state index contributed by atoms with van der Waals surface area (Å²) in [5.74, 6) is -0.435. The number of sulfonamides is 2. The van der Waals surface area contributed by atoms with E-state index in [2.05, 4.69) is 4.72 Å². The molecule has 1 aliphatic heterocycles. The lowest BCUT2D eigenvalue weighted by Crippen LogP contribution is -2.37. The minimum atomic E-state index is -3.59. The molecule has 3 rings (SSSR count). The van der Waals surface area contributed by atoms with Gasteiger partial charge in [0.1, 0.15) is 0 Å². The van der Waals surface area contributed by atoms with E-state index in [9.17, 15) is 16.8 Å². The largest absolute Gasteiger partial charge is 0.270 e. The Labute approximate surface area is 155 Å². The lowest BCUT2D eigenvalue weighted by molar-refractivity contribution is 0.579. The van der Waals surface area contributed by atoms with Gasteiger partial charge in [0.15, 0.2) is 0 Å². The van der Waals surface area contributed by atoms with Gasteiger partial charge in [-0.2, -0.15) is 0 Å². The molecule has 0 aliphatic carbocycles. The van der Waals surface area contributed by atoms with E-state index in [0.29, 0.717) is 24.2 Å². The third-order valence-electron chi connectivity index (χ3n) is 4.30. The Hall–Kier alpha value is -1.90. The minimum Gasteiger partial charge on any atom is -0.270 e. The first kappa shape index (κ1) is 18.9. The number of nitrogens with one attached hydrogen (secondary N) is 1. The van der Waals surface area contributed by atoms with Crippen molar-refractivity contribution in [2.75, 3.05) is 23.1 Å². The number of aryl methyl sites for hydroxylation is 1. The summed E-state index contributed by atoms with van der Waals surface area (Å²) in [6, 6.07) is 14.6. The second kappa shape index (κ2) is 7.38. The van der Waals surface area contributed by atoms with Crippen LogP contribution in [0.3, 0.4) is 0 Å². The summed E-state index contributed by atoms with van der Waals surface area (Å²) in [7, 11) is -7.16. The van der Waals surface area contributed by atoms with Crippen LogP contribution in [-0.4, -0.2) is 35.7 Å². The molecule has 1 aliphatic rings. The van der Waals surface area contributed by atoms with Crippen molar-refractivity contribution >= 4 is 25.7 Å². The summed E-state index contributed by atoms with van der Waals surface area (Å²) >= 11 is 0. The molecule has 1 heterocycles. The van der Waals surface area contributed by atoms with Gasteiger partial charge in [-0.3, -0.25) is 4.31 Å². The molecule has 26 heavy (non-hydrogen) atoms. The molecule has 6 nitrogen and oxygen atoms in total. The highest BCUT2D eigenvalue weighted by Crippen LogP contribution is 2.29. The second-order valence-corrected chi connectivity index (χ2v) is 10.2. The lowest BCUT2D eigenvalue weighted by Gasteiger charge is -2.19. The van der Waals surface area contributed by atoms with Crippen molar-refractivity contribution in [1.29, 1.82) is 0 Å². The molecule has 0 amide bonds. The SMILES string of the molecule is Cc1cccc(CS(=O)(=O)NCCS(=O)(=O)N2CCc3ccccc32)c1. The molecule has 0 bridgehead atoms. The van der Waals surface area contributed by atoms with Gasteiger partial charge in [-0.25, -0.2) is 21.6 Å². The van der Waals surface area contributed by atoms with E-state index in [1.54, 1.807) is 30.3 Å². The summed E-state index contributed by atoms with van der Waals surface area (Å²) in [5.41, 5.74) is 3.34. The van der Waals surface area contributed by atoms with Crippen molar-refractivity contribution in [3.8, 4) is 0 Å². The van der Waals surface area contributed by atoms with Crippen LogP contribution in [0, 0.1) is 6.92 Å². The van der Waals surface area contributed by atoms with E-state index in [1.807, 2.05) is 25.1 Å². The Morgan fingerprint density at radius 2 is 1.81 bits per heavy atom. The monoisotopic (exact) mass is 394 g/mol. The predicted molar refractivity (Wildman–Crippen MR) is 103 cm³/mol. The quantitative estimate of drug-likeness (QED) is 0.776. The van der Waals surface area contributed by atoms with Gasteiger partial charge in [-0.15, -0.1) is 0 Å². The summed E-state index contributed by atoms with van der Waals surface area (Å²) in [5, 5.41) is 0. The summed E-state index contributed by atoms with van der Waals surface area (Å²) in [6.45, 7) is 2.15. The molecule has 140 valence electrons. The zero-order valence-electron chi connectivity index (χ0n) is 14.6. The summed E-state index contributed by atoms with van der Waals surface area (Å²) < 4.78 is 53.3. The van der Waals surface area contributed by atoms with Gasteiger partial charge in [0, 0.05) is 13.1 Å². The fourth-order valence-corrected chi connectivity index (χ4v) is 5.80. The average Bonchev–Trinajstić information content (AvgIpc) is 2.99. The van der Waals surface area contributed by atoms with Crippen LogP contribution in [0.4, 0.5) is 5.69 Å². The smallest absolute Gasteiger partial charge is 0.236 e. The maximum Gasteiger partial charge on any atom is 0.236 e. The number of nitrogens with zero attached hydrogens (tertiary/aromatic N) is 1. The predicted octanol–water partition coefficient (Wildman–Crippen LogP) is 1.81. The van der Waals surface area contributed by atoms with E-state index >= 15 is 0 Å². The van der Waals surface area contributed by atoms with Crippen LogP contribution < -0.4 is 9.03 Å². The van der Waals surface area contributed by atoms with Gasteiger partial charge in [-0.05, 0) is 30.5 Å². The maximum absolute atomic E-state index is 12.6. The third kappa shape index (κ3) is 4.44. The molecule has 0 saturated heterocycles. The molecule has 0 unspecified atom stereocenters. The number of para-hydroxylation sites is 1. The van der Waals surface area contributed by atoms with Crippen LogP contribution in [0.15, 0.2) is 48.5 Å². The van der Waals surface area contributed by atoms with Crippen molar-refractivity contribution in [2.24, 2.45) is 0 Å². The van der Waals surface area contributed by atoms with Crippen molar-refractivity contribution in [3.05, 3.63) is 65.2 Å². The first-order chi connectivity index (χ1) is 12.3. The first-order valence-electron chi connectivity index (χ1n) is 8.38. The second-order valence-electron chi connectivity index (χ2n) is 6.41. The van der Waals surface area contributed by atoms with Gasteiger partial charge in [-0.1, -0.05) is 48.0 Å². The molecule has 0 saturated carbocycles. The number of hydrogen-bond donors (Lipinski definition) is 1. The summed E-state index contributed by atoms with van der Waals surface area (Å²) in [6.07, 6.45) is 0.675. The number of anilines is 1. The zero-order chi connectivity index (χ0) is 18.8. The van der Waals surface area contributed by atoms with Crippen molar-refractivity contribution in [3.63, 3.8) is 0 Å².